The van der Waals surface area contributed by atoms with E-state index in [-0.39, 0.29) is 5.56 Å². The Morgan fingerprint density at radius 2 is 2.00 bits per heavy atom. The van der Waals surface area contributed by atoms with Crippen LogP contribution in [0, 0.1) is 3.57 Å². The first-order valence-corrected chi connectivity index (χ1v) is 7.12. The number of halogens is 1. The molecule has 0 atom stereocenters. The number of rotatable bonds is 4. The number of methoxy groups -OCH3 is 1. The zero-order chi connectivity index (χ0) is 13.8. The van der Waals surface area contributed by atoms with Gasteiger partial charge in [0.15, 0.2) is 0 Å². The van der Waals surface area contributed by atoms with Crippen molar-refractivity contribution in [2.24, 2.45) is 0 Å². The molecule has 0 amide bonds. The minimum Gasteiger partial charge on any atom is -0.497 e. The first kappa shape index (κ1) is 14.0. The van der Waals surface area contributed by atoms with Gasteiger partial charge in [-0.05, 0) is 46.7 Å². The van der Waals surface area contributed by atoms with E-state index in [1.54, 1.807) is 7.11 Å². The normalized spacial score (nSPS) is 10.5. The molecular formula is C14H15IN2O2. The van der Waals surface area contributed by atoms with E-state index in [4.69, 9.17) is 4.74 Å². The lowest BCUT2D eigenvalue weighted by Crippen LogP contribution is -2.18. The van der Waals surface area contributed by atoms with E-state index in [2.05, 4.69) is 9.97 Å². The first-order chi connectivity index (χ1) is 9.13. The standard InChI is InChI=1S/C14H15IN2O2/c1-3-11-13(15)14(18)17-12(16-11)8-9-4-6-10(19-2)7-5-9/h4-7H,3,8H2,1-2H3,(H,16,17,18). The molecule has 0 spiro atoms. The van der Waals surface area contributed by atoms with Gasteiger partial charge in [0, 0.05) is 6.42 Å². The predicted molar refractivity (Wildman–Crippen MR) is 82.8 cm³/mol. The molecule has 1 heterocycles. The van der Waals surface area contributed by atoms with Crippen molar-refractivity contribution in [3.8, 4) is 5.75 Å². The quantitative estimate of drug-likeness (QED) is 0.842. The van der Waals surface area contributed by atoms with Gasteiger partial charge in [0.25, 0.3) is 5.56 Å². The molecule has 0 fully saturated rings. The van der Waals surface area contributed by atoms with Crippen LogP contribution in [0.4, 0.5) is 0 Å². The van der Waals surface area contributed by atoms with Crippen LogP contribution in [0.25, 0.3) is 0 Å². The van der Waals surface area contributed by atoms with E-state index in [0.29, 0.717) is 15.8 Å². The van der Waals surface area contributed by atoms with Gasteiger partial charge in [-0.15, -0.1) is 0 Å². The Morgan fingerprint density at radius 3 is 2.58 bits per heavy atom. The highest BCUT2D eigenvalue weighted by atomic mass is 127. The maximum absolute atomic E-state index is 11.8. The molecule has 0 aliphatic rings. The highest BCUT2D eigenvalue weighted by molar-refractivity contribution is 14.1. The van der Waals surface area contributed by atoms with Gasteiger partial charge < -0.3 is 9.72 Å². The van der Waals surface area contributed by atoms with Crippen molar-refractivity contribution in [2.45, 2.75) is 19.8 Å². The molecule has 0 radical (unpaired) electrons. The molecule has 0 saturated carbocycles. The van der Waals surface area contributed by atoms with Gasteiger partial charge >= 0.3 is 0 Å². The highest BCUT2D eigenvalue weighted by Crippen LogP contribution is 2.14. The molecule has 2 rings (SSSR count). The Labute approximate surface area is 125 Å². The van der Waals surface area contributed by atoms with E-state index >= 15 is 0 Å². The number of aromatic amines is 1. The molecule has 4 nitrogen and oxygen atoms in total. The summed E-state index contributed by atoms with van der Waals surface area (Å²) in [6.45, 7) is 2.00. The molecule has 0 bridgehead atoms. The SMILES string of the molecule is CCc1nc(Cc2ccc(OC)cc2)[nH]c(=O)c1I. The van der Waals surface area contributed by atoms with Gasteiger partial charge in [0.05, 0.1) is 16.4 Å². The number of nitrogens with one attached hydrogen (secondary N) is 1. The van der Waals surface area contributed by atoms with Crippen molar-refractivity contribution in [3.05, 3.63) is 55.3 Å². The van der Waals surface area contributed by atoms with E-state index < -0.39 is 0 Å². The summed E-state index contributed by atoms with van der Waals surface area (Å²) in [7, 11) is 1.64. The molecule has 100 valence electrons. The number of nitrogens with zero attached hydrogens (tertiary/aromatic N) is 1. The minimum atomic E-state index is -0.0593. The average Bonchev–Trinajstić information content (AvgIpc) is 2.43. The van der Waals surface area contributed by atoms with E-state index in [0.717, 1.165) is 23.4 Å². The Bertz CT molecular complexity index is 620. The van der Waals surface area contributed by atoms with Crippen molar-refractivity contribution < 1.29 is 4.74 Å². The number of hydrogen-bond acceptors (Lipinski definition) is 3. The van der Waals surface area contributed by atoms with Gasteiger partial charge in [-0.2, -0.15) is 0 Å². The third-order valence-electron chi connectivity index (χ3n) is 2.85. The number of hydrogen-bond donors (Lipinski definition) is 1. The van der Waals surface area contributed by atoms with Crippen LogP contribution in [0.5, 0.6) is 5.75 Å². The second kappa shape index (κ2) is 6.18. The van der Waals surface area contributed by atoms with E-state index in [1.807, 2.05) is 53.8 Å². The third-order valence-corrected chi connectivity index (χ3v) is 3.96. The summed E-state index contributed by atoms with van der Waals surface area (Å²) in [6.07, 6.45) is 1.38. The Hall–Kier alpha value is -1.37. The van der Waals surface area contributed by atoms with Crippen molar-refractivity contribution in [1.82, 2.24) is 9.97 Å². The summed E-state index contributed by atoms with van der Waals surface area (Å²) in [5.74, 6) is 1.52. The van der Waals surface area contributed by atoms with Gasteiger partial charge in [-0.25, -0.2) is 4.98 Å². The maximum atomic E-state index is 11.8. The maximum Gasteiger partial charge on any atom is 0.264 e. The lowest BCUT2D eigenvalue weighted by atomic mass is 10.1. The number of aromatic nitrogens is 2. The van der Waals surface area contributed by atoms with Gasteiger partial charge in [-0.3, -0.25) is 4.79 Å². The van der Waals surface area contributed by atoms with Gasteiger partial charge in [0.2, 0.25) is 0 Å². The fraction of sp³-hybridized carbons (Fsp3) is 0.286. The molecule has 0 aliphatic carbocycles. The number of aryl methyl sites for hydroxylation is 1. The van der Waals surface area contributed by atoms with Gasteiger partial charge in [-0.1, -0.05) is 19.1 Å². The van der Waals surface area contributed by atoms with E-state index in [9.17, 15) is 4.79 Å². The van der Waals surface area contributed by atoms with Gasteiger partial charge in [0.1, 0.15) is 11.6 Å². The molecule has 5 heteroatoms. The first-order valence-electron chi connectivity index (χ1n) is 6.04. The van der Waals surface area contributed by atoms with Crippen LogP contribution in [0.15, 0.2) is 29.1 Å². The average molecular weight is 370 g/mol. The Balaban J connectivity index is 2.27. The largest absolute Gasteiger partial charge is 0.497 e. The smallest absolute Gasteiger partial charge is 0.264 e. The topological polar surface area (TPSA) is 55.0 Å². The van der Waals surface area contributed by atoms with Crippen LogP contribution >= 0.6 is 22.6 Å². The predicted octanol–water partition coefficient (Wildman–Crippen LogP) is 2.54. The minimum absolute atomic E-state index is 0.0593. The van der Waals surface area contributed by atoms with Crippen molar-refractivity contribution in [2.75, 3.05) is 7.11 Å². The van der Waals surface area contributed by atoms with Crippen LogP contribution in [0.2, 0.25) is 0 Å². The van der Waals surface area contributed by atoms with Crippen molar-refractivity contribution >= 4 is 22.6 Å². The third kappa shape index (κ3) is 3.34. The Kier molecular flexibility index (Phi) is 4.57. The number of ether oxygens (including phenoxy) is 1. The second-order valence-electron chi connectivity index (χ2n) is 4.15. The number of benzene rings is 1. The molecule has 0 unspecified atom stereocenters. The molecule has 1 aromatic heterocycles. The summed E-state index contributed by atoms with van der Waals surface area (Å²) >= 11 is 2.04. The van der Waals surface area contributed by atoms with E-state index in [1.165, 1.54) is 0 Å². The molecule has 19 heavy (non-hydrogen) atoms. The zero-order valence-corrected chi connectivity index (χ0v) is 13.0. The molecule has 0 saturated heterocycles. The van der Waals surface area contributed by atoms with Crippen LogP contribution in [0.1, 0.15) is 24.0 Å². The summed E-state index contributed by atoms with van der Waals surface area (Å²) in [5, 5.41) is 0. The van der Waals surface area contributed by atoms with Crippen LogP contribution in [0.3, 0.4) is 0 Å². The summed E-state index contributed by atoms with van der Waals surface area (Å²) in [5.41, 5.74) is 1.89. The molecule has 1 aromatic carbocycles. The zero-order valence-electron chi connectivity index (χ0n) is 10.9. The monoisotopic (exact) mass is 370 g/mol. The number of H-pyrrole nitrogens is 1. The van der Waals surface area contributed by atoms with Crippen LogP contribution < -0.4 is 10.3 Å². The van der Waals surface area contributed by atoms with Crippen LogP contribution in [-0.4, -0.2) is 17.1 Å². The second-order valence-corrected chi connectivity index (χ2v) is 5.23. The highest BCUT2D eigenvalue weighted by Gasteiger charge is 2.07. The van der Waals surface area contributed by atoms with Crippen molar-refractivity contribution in [3.63, 3.8) is 0 Å². The fourth-order valence-electron chi connectivity index (χ4n) is 1.81. The summed E-state index contributed by atoms with van der Waals surface area (Å²) in [4.78, 5) is 19.1. The summed E-state index contributed by atoms with van der Waals surface area (Å²) < 4.78 is 5.80. The van der Waals surface area contributed by atoms with Crippen molar-refractivity contribution in [1.29, 1.82) is 0 Å². The Morgan fingerprint density at radius 1 is 1.32 bits per heavy atom. The molecule has 0 aliphatic heterocycles. The molecule has 1 N–H and O–H groups in total. The fourth-order valence-corrected chi connectivity index (χ4v) is 2.45. The molecule has 2 aromatic rings. The lowest BCUT2D eigenvalue weighted by molar-refractivity contribution is 0.414. The molecular weight excluding hydrogens is 355 g/mol. The van der Waals surface area contributed by atoms with Crippen LogP contribution in [-0.2, 0) is 12.8 Å². The lowest BCUT2D eigenvalue weighted by Gasteiger charge is -2.06. The summed E-state index contributed by atoms with van der Waals surface area (Å²) in [6, 6.07) is 7.76.